The summed E-state index contributed by atoms with van der Waals surface area (Å²) >= 11 is 0. The molecule has 0 unspecified atom stereocenters. The van der Waals surface area contributed by atoms with Crippen LogP contribution in [0.4, 0.5) is 4.79 Å². The van der Waals surface area contributed by atoms with Gasteiger partial charge in [0.25, 0.3) is 5.91 Å². The Morgan fingerprint density at radius 1 is 0.917 bits per heavy atom. The van der Waals surface area contributed by atoms with Crippen LogP contribution in [0.15, 0.2) is 77.7 Å². The van der Waals surface area contributed by atoms with Gasteiger partial charge in [-0.1, -0.05) is 54.6 Å². The van der Waals surface area contributed by atoms with E-state index in [1.54, 1.807) is 67.0 Å². The van der Waals surface area contributed by atoms with E-state index in [-0.39, 0.29) is 36.1 Å². The minimum atomic E-state index is -3.54. The predicted molar refractivity (Wildman–Crippen MR) is 140 cm³/mol. The molecule has 0 aromatic heterocycles. The molecule has 36 heavy (non-hydrogen) atoms. The molecule has 1 heterocycles. The number of carbonyl (C=O) groups excluding carboxylic acids is 2. The van der Waals surface area contributed by atoms with E-state index in [4.69, 9.17) is 4.74 Å². The molecule has 2 amide bonds. The van der Waals surface area contributed by atoms with E-state index in [0.717, 1.165) is 10.8 Å². The van der Waals surface area contributed by atoms with Gasteiger partial charge in [-0.15, -0.1) is 0 Å². The normalized spacial score (nSPS) is 16.7. The van der Waals surface area contributed by atoms with Gasteiger partial charge in [-0.2, -0.15) is 0 Å². The number of hydrogen-bond acceptors (Lipinski definition) is 5. The topological polar surface area (TPSA) is 84.0 Å². The molecular formula is C28H32N2O5S. The first-order chi connectivity index (χ1) is 17.0. The number of fused-ring (bicyclic) bond motifs is 1. The molecule has 7 nitrogen and oxygen atoms in total. The number of amides is 2. The maximum absolute atomic E-state index is 13.6. The maximum Gasteiger partial charge on any atom is 0.410 e. The number of sulfone groups is 1. The molecule has 0 N–H and O–H groups in total. The molecular weight excluding hydrogens is 476 g/mol. The number of rotatable bonds is 5. The molecule has 1 saturated heterocycles. The van der Waals surface area contributed by atoms with Gasteiger partial charge in [0, 0.05) is 25.2 Å². The highest BCUT2D eigenvalue weighted by Crippen LogP contribution is 2.24. The average Bonchev–Trinajstić information content (AvgIpc) is 2.86. The van der Waals surface area contributed by atoms with Gasteiger partial charge in [0.2, 0.25) is 0 Å². The highest BCUT2D eigenvalue weighted by atomic mass is 32.2. The van der Waals surface area contributed by atoms with Crippen LogP contribution in [0, 0.1) is 0 Å². The molecule has 190 valence electrons. The number of piperazine rings is 1. The smallest absolute Gasteiger partial charge is 0.410 e. The second-order valence-electron chi connectivity index (χ2n) is 10.0. The van der Waals surface area contributed by atoms with E-state index in [9.17, 15) is 18.0 Å². The van der Waals surface area contributed by atoms with Crippen molar-refractivity contribution in [2.75, 3.05) is 25.4 Å². The maximum atomic E-state index is 13.6. The fourth-order valence-corrected chi connectivity index (χ4v) is 5.86. The van der Waals surface area contributed by atoms with Crippen molar-refractivity contribution in [3.63, 3.8) is 0 Å². The van der Waals surface area contributed by atoms with Gasteiger partial charge in [0.05, 0.1) is 16.7 Å². The molecule has 0 spiro atoms. The zero-order chi connectivity index (χ0) is 25.9. The van der Waals surface area contributed by atoms with Gasteiger partial charge in [-0.3, -0.25) is 4.79 Å². The summed E-state index contributed by atoms with van der Waals surface area (Å²) in [6.07, 6.45) is -0.308. The number of benzene rings is 3. The lowest BCUT2D eigenvalue weighted by atomic mass is 10.0. The van der Waals surface area contributed by atoms with Gasteiger partial charge in [-0.25, -0.2) is 13.2 Å². The van der Waals surface area contributed by atoms with Gasteiger partial charge in [-0.05, 0) is 56.2 Å². The Labute approximate surface area is 212 Å². The van der Waals surface area contributed by atoms with E-state index in [1.165, 1.54) is 0 Å². The van der Waals surface area contributed by atoms with E-state index < -0.39 is 27.6 Å². The Kier molecular flexibility index (Phi) is 7.36. The summed E-state index contributed by atoms with van der Waals surface area (Å²) in [5.41, 5.74) is -0.0947. The first kappa shape index (κ1) is 25.7. The van der Waals surface area contributed by atoms with Crippen LogP contribution >= 0.6 is 0 Å². The predicted octanol–water partition coefficient (Wildman–Crippen LogP) is 4.77. The van der Waals surface area contributed by atoms with Crippen LogP contribution in [-0.4, -0.2) is 67.2 Å². The fourth-order valence-electron chi connectivity index (χ4n) is 4.47. The number of hydrogen-bond donors (Lipinski definition) is 0. The standard InChI is InChI=1S/C28H32N2O5S/c1-28(2,3)35-27(32)30-18-17-29(26(31)25-15-9-11-21-10-7-8-14-24(21)25)20-22(30)16-19-36(33,34)23-12-5-4-6-13-23/h4-15,22H,16-20H2,1-3H3/t22-/m0/s1. The largest absolute Gasteiger partial charge is 0.444 e. The first-order valence-corrected chi connectivity index (χ1v) is 13.7. The lowest BCUT2D eigenvalue weighted by molar-refractivity contribution is -0.00106. The van der Waals surface area contributed by atoms with Crippen LogP contribution in [0.3, 0.4) is 0 Å². The van der Waals surface area contributed by atoms with E-state index in [2.05, 4.69) is 0 Å². The minimum absolute atomic E-state index is 0.133. The molecule has 3 aromatic carbocycles. The summed E-state index contributed by atoms with van der Waals surface area (Å²) in [5, 5.41) is 1.84. The molecule has 0 radical (unpaired) electrons. The average molecular weight is 509 g/mol. The number of carbonyl (C=O) groups is 2. The second-order valence-corrected chi connectivity index (χ2v) is 12.1. The van der Waals surface area contributed by atoms with Gasteiger partial charge < -0.3 is 14.5 Å². The molecule has 1 fully saturated rings. The summed E-state index contributed by atoms with van der Waals surface area (Å²) in [4.78, 5) is 30.1. The lowest BCUT2D eigenvalue weighted by Gasteiger charge is -2.42. The summed E-state index contributed by atoms with van der Waals surface area (Å²) < 4.78 is 31.5. The molecule has 3 aromatic rings. The SMILES string of the molecule is CC(C)(C)OC(=O)N1CCN(C(=O)c2cccc3ccccc23)C[C@@H]1CCS(=O)(=O)c1ccccc1. The lowest BCUT2D eigenvalue weighted by Crippen LogP contribution is -2.57. The zero-order valence-electron chi connectivity index (χ0n) is 20.9. The summed E-state index contributed by atoms with van der Waals surface area (Å²) in [6, 6.07) is 21.1. The van der Waals surface area contributed by atoms with Gasteiger partial charge in [0.15, 0.2) is 9.84 Å². The van der Waals surface area contributed by atoms with Crippen molar-refractivity contribution in [2.45, 2.75) is 43.7 Å². The zero-order valence-corrected chi connectivity index (χ0v) is 21.7. The quantitative estimate of drug-likeness (QED) is 0.496. The Morgan fingerprint density at radius 2 is 1.58 bits per heavy atom. The second kappa shape index (κ2) is 10.3. The van der Waals surface area contributed by atoms with Crippen LogP contribution in [-0.2, 0) is 14.6 Å². The summed E-state index contributed by atoms with van der Waals surface area (Å²) in [6.45, 7) is 6.20. The number of ether oxygens (including phenoxy) is 1. The van der Waals surface area contributed by atoms with E-state index in [1.807, 2.05) is 36.4 Å². The van der Waals surface area contributed by atoms with Gasteiger partial charge >= 0.3 is 6.09 Å². The molecule has 8 heteroatoms. The molecule has 0 aliphatic carbocycles. The van der Waals surface area contributed by atoms with Crippen molar-refractivity contribution < 1.29 is 22.7 Å². The van der Waals surface area contributed by atoms with Crippen molar-refractivity contribution >= 4 is 32.6 Å². The molecule has 1 aliphatic rings. The number of nitrogens with zero attached hydrogens (tertiary/aromatic N) is 2. The summed E-state index contributed by atoms with van der Waals surface area (Å²) in [5.74, 6) is -0.274. The Balaban J connectivity index is 1.57. The third kappa shape index (κ3) is 5.87. The van der Waals surface area contributed by atoms with Crippen LogP contribution in [0.1, 0.15) is 37.6 Å². The monoisotopic (exact) mass is 508 g/mol. The third-order valence-corrected chi connectivity index (χ3v) is 8.00. The Morgan fingerprint density at radius 3 is 2.31 bits per heavy atom. The van der Waals surface area contributed by atoms with Crippen molar-refractivity contribution in [3.05, 3.63) is 78.4 Å². The third-order valence-electron chi connectivity index (χ3n) is 6.24. The molecule has 1 aliphatic heterocycles. The van der Waals surface area contributed by atoms with Crippen molar-refractivity contribution in [3.8, 4) is 0 Å². The van der Waals surface area contributed by atoms with Crippen LogP contribution in [0.25, 0.3) is 10.8 Å². The summed E-state index contributed by atoms with van der Waals surface area (Å²) in [7, 11) is -3.54. The molecule has 1 atom stereocenters. The van der Waals surface area contributed by atoms with Crippen molar-refractivity contribution in [1.82, 2.24) is 9.80 Å². The van der Waals surface area contributed by atoms with Crippen LogP contribution < -0.4 is 0 Å². The molecule has 4 rings (SSSR count). The van der Waals surface area contributed by atoms with Crippen LogP contribution in [0.2, 0.25) is 0 Å². The van der Waals surface area contributed by atoms with E-state index in [0.29, 0.717) is 12.1 Å². The van der Waals surface area contributed by atoms with Crippen molar-refractivity contribution in [1.29, 1.82) is 0 Å². The van der Waals surface area contributed by atoms with E-state index >= 15 is 0 Å². The van der Waals surface area contributed by atoms with Crippen LogP contribution in [0.5, 0.6) is 0 Å². The first-order valence-electron chi connectivity index (χ1n) is 12.1. The van der Waals surface area contributed by atoms with Crippen molar-refractivity contribution in [2.24, 2.45) is 0 Å². The Hall–Kier alpha value is -3.39. The highest BCUT2D eigenvalue weighted by molar-refractivity contribution is 7.91. The Bertz CT molecular complexity index is 1340. The molecule has 0 bridgehead atoms. The highest BCUT2D eigenvalue weighted by Gasteiger charge is 2.36. The molecule has 0 saturated carbocycles. The van der Waals surface area contributed by atoms with Gasteiger partial charge in [0.1, 0.15) is 5.60 Å². The minimum Gasteiger partial charge on any atom is -0.444 e. The fraction of sp³-hybridized carbons (Fsp3) is 0.357.